The number of aliphatic hydroxyl groups excluding tert-OH is 1. The molecule has 4 heterocycles. The maximum atomic E-state index is 13.6. The number of rotatable bonds is 10. The van der Waals surface area contributed by atoms with Gasteiger partial charge >= 0.3 is 6.09 Å². The molecule has 2 aromatic heterocycles. The summed E-state index contributed by atoms with van der Waals surface area (Å²) in [6.07, 6.45) is 4.21. The van der Waals surface area contributed by atoms with Gasteiger partial charge in [0, 0.05) is 90.7 Å². The number of methoxy groups -OCH3 is 2. The van der Waals surface area contributed by atoms with Gasteiger partial charge in [0.05, 0.1) is 48.3 Å². The summed E-state index contributed by atoms with van der Waals surface area (Å²) in [5.74, 6) is 1.16. The first-order valence-corrected chi connectivity index (χ1v) is 20.2. The Hall–Kier alpha value is -4.42. The highest BCUT2D eigenvalue weighted by molar-refractivity contribution is 6.39. The normalized spacial score (nSPS) is 17.2. The number of likely N-dealkylation sites (tertiary alicyclic amines) is 2. The number of halogens is 2. The Bertz CT molecular complexity index is 2140. The van der Waals surface area contributed by atoms with Crippen molar-refractivity contribution in [2.45, 2.75) is 84.2 Å². The van der Waals surface area contributed by atoms with Crippen LogP contribution in [0.1, 0.15) is 64.5 Å². The second-order valence-corrected chi connectivity index (χ2v) is 17.4. The van der Waals surface area contributed by atoms with Crippen molar-refractivity contribution in [3.05, 3.63) is 82.0 Å². The van der Waals surface area contributed by atoms with Gasteiger partial charge < -0.3 is 29.1 Å². The Morgan fingerprint density at radius 1 is 0.930 bits per heavy atom. The summed E-state index contributed by atoms with van der Waals surface area (Å²) in [6, 6.07) is 17.3. The predicted octanol–water partition coefficient (Wildman–Crippen LogP) is 8.51. The Balaban J connectivity index is 1.13. The van der Waals surface area contributed by atoms with Crippen molar-refractivity contribution in [1.82, 2.24) is 24.7 Å². The van der Waals surface area contributed by atoms with E-state index in [1.54, 1.807) is 37.1 Å². The SMILES string of the molecule is COc1cc(-c2nccc(-c3cccc(-c4ccc(CN(C(=O)OC(C)(C)C)C5CCN(C(C)=O)CC5)c(OC)n4)c3Cl)c2Cl)ccc1CN1CC2(CC(O)C2)C1. The quantitative estimate of drug-likeness (QED) is 0.168. The molecule has 11 nitrogen and oxygen atoms in total. The fraction of sp³-hybridized carbons (Fsp3) is 0.455. The van der Waals surface area contributed by atoms with Crippen LogP contribution in [0.25, 0.3) is 33.6 Å². The highest BCUT2D eigenvalue weighted by Gasteiger charge is 2.51. The molecule has 57 heavy (non-hydrogen) atoms. The summed E-state index contributed by atoms with van der Waals surface area (Å²) in [4.78, 5) is 41.0. The summed E-state index contributed by atoms with van der Waals surface area (Å²) >= 11 is 14.3. The van der Waals surface area contributed by atoms with E-state index in [1.165, 1.54) is 0 Å². The van der Waals surface area contributed by atoms with E-state index in [4.69, 9.17) is 42.4 Å². The van der Waals surface area contributed by atoms with Crippen LogP contribution in [0.5, 0.6) is 11.6 Å². The number of hydrogen-bond acceptors (Lipinski definition) is 9. The number of carbonyl (C=O) groups excluding carboxylic acids is 2. The summed E-state index contributed by atoms with van der Waals surface area (Å²) in [5, 5.41) is 10.7. The third-order valence-electron chi connectivity index (χ3n) is 11.3. The first-order chi connectivity index (χ1) is 27.2. The minimum absolute atomic E-state index is 0.0295. The van der Waals surface area contributed by atoms with Gasteiger partial charge in [0.2, 0.25) is 11.8 Å². The molecule has 2 aromatic carbocycles. The standard InChI is InChI=1S/C44H51Cl2N5O6/c1-27(52)50-18-15-31(16-19-50)51(42(54)57-43(2,3)4)24-30-12-13-36(48-41(30)56-6)35-9-7-8-33(38(35)45)34-14-17-47-40(39(34)46)28-10-11-29(37(20-28)55-5)23-49-25-44(26-49)21-32(53)22-44/h7-14,17,20,31-32,53H,15-16,18-19,21-26H2,1-6H3. The molecule has 2 saturated heterocycles. The van der Waals surface area contributed by atoms with Gasteiger partial charge in [0.25, 0.3) is 0 Å². The zero-order valence-electron chi connectivity index (χ0n) is 33.5. The number of amides is 2. The number of nitrogens with zero attached hydrogens (tertiary/aromatic N) is 5. The zero-order valence-corrected chi connectivity index (χ0v) is 35.0. The molecule has 2 amide bonds. The average Bonchev–Trinajstić information content (AvgIpc) is 3.15. The lowest BCUT2D eigenvalue weighted by molar-refractivity contribution is -0.131. The second-order valence-electron chi connectivity index (χ2n) is 16.6. The number of benzene rings is 2. The van der Waals surface area contributed by atoms with Gasteiger partial charge in [-0.15, -0.1) is 0 Å². The van der Waals surface area contributed by atoms with E-state index in [9.17, 15) is 14.7 Å². The van der Waals surface area contributed by atoms with Gasteiger partial charge in [0.15, 0.2) is 0 Å². The lowest BCUT2D eigenvalue weighted by atomic mass is 9.62. The van der Waals surface area contributed by atoms with Crippen molar-refractivity contribution < 1.29 is 28.9 Å². The molecule has 1 N–H and O–H groups in total. The maximum absolute atomic E-state index is 13.6. The molecule has 0 unspecified atom stereocenters. The van der Waals surface area contributed by atoms with Gasteiger partial charge in [0.1, 0.15) is 11.4 Å². The highest BCUT2D eigenvalue weighted by atomic mass is 35.5. The van der Waals surface area contributed by atoms with E-state index in [1.807, 2.05) is 69.3 Å². The number of carbonyl (C=O) groups is 2. The molecule has 0 radical (unpaired) electrons. The molecule has 1 spiro atoms. The van der Waals surface area contributed by atoms with Crippen molar-refractivity contribution in [3.63, 3.8) is 0 Å². The van der Waals surface area contributed by atoms with E-state index < -0.39 is 11.7 Å². The van der Waals surface area contributed by atoms with E-state index in [-0.39, 0.29) is 30.0 Å². The molecule has 4 aromatic rings. The zero-order chi connectivity index (χ0) is 40.6. The number of ether oxygens (including phenoxy) is 3. The monoisotopic (exact) mass is 815 g/mol. The fourth-order valence-electron chi connectivity index (χ4n) is 8.52. The van der Waals surface area contributed by atoms with Crippen LogP contribution in [-0.4, -0.2) is 99.9 Å². The van der Waals surface area contributed by atoms with Gasteiger partial charge in [-0.2, -0.15) is 0 Å². The summed E-state index contributed by atoms with van der Waals surface area (Å²) in [6.45, 7) is 11.2. The van der Waals surface area contributed by atoms with Gasteiger partial charge in [-0.3, -0.25) is 14.7 Å². The van der Waals surface area contributed by atoms with E-state index in [2.05, 4.69) is 16.0 Å². The number of pyridine rings is 2. The Morgan fingerprint density at radius 2 is 1.61 bits per heavy atom. The van der Waals surface area contributed by atoms with Crippen molar-refractivity contribution in [1.29, 1.82) is 0 Å². The lowest BCUT2D eigenvalue weighted by Crippen LogP contribution is -2.63. The minimum atomic E-state index is -0.681. The van der Waals surface area contributed by atoms with Crippen LogP contribution in [0, 0.1) is 5.41 Å². The van der Waals surface area contributed by atoms with Crippen molar-refractivity contribution >= 4 is 35.2 Å². The third-order valence-corrected chi connectivity index (χ3v) is 12.1. The Labute approximate surface area is 344 Å². The summed E-state index contributed by atoms with van der Waals surface area (Å²) in [5.41, 5.74) is 5.55. The third kappa shape index (κ3) is 8.72. The average molecular weight is 817 g/mol. The van der Waals surface area contributed by atoms with Crippen molar-refractivity contribution in [2.75, 3.05) is 40.4 Å². The smallest absolute Gasteiger partial charge is 0.410 e. The van der Waals surface area contributed by atoms with Crippen LogP contribution in [0.15, 0.2) is 60.8 Å². The molecular formula is C44H51Cl2N5O6. The fourth-order valence-corrected chi connectivity index (χ4v) is 9.17. The van der Waals surface area contributed by atoms with Crippen LogP contribution < -0.4 is 9.47 Å². The van der Waals surface area contributed by atoms with E-state index in [0.29, 0.717) is 64.4 Å². The molecular weight excluding hydrogens is 765 g/mol. The summed E-state index contributed by atoms with van der Waals surface area (Å²) in [7, 11) is 3.23. The van der Waals surface area contributed by atoms with Crippen LogP contribution in [0.2, 0.25) is 10.0 Å². The number of aromatic nitrogens is 2. The summed E-state index contributed by atoms with van der Waals surface area (Å²) < 4.78 is 17.5. The van der Waals surface area contributed by atoms with Crippen molar-refractivity contribution in [2.24, 2.45) is 5.41 Å². The van der Waals surface area contributed by atoms with Crippen LogP contribution in [0.4, 0.5) is 4.79 Å². The molecule has 13 heteroatoms. The van der Waals surface area contributed by atoms with E-state index in [0.717, 1.165) is 60.5 Å². The second kappa shape index (κ2) is 16.4. The number of hydrogen-bond donors (Lipinski definition) is 1. The number of aliphatic hydroxyl groups is 1. The van der Waals surface area contributed by atoms with Crippen molar-refractivity contribution in [3.8, 4) is 45.3 Å². The first kappa shape index (κ1) is 40.8. The van der Waals surface area contributed by atoms with E-state index >= 15 is 0 Å². The van der Waals surface area contributed by atoms with Crippen LogP contribution in [-0.2, 0) is 22.6 Å². The molecule has 7 rings (SSSR count). The highest BCUT2D eigenvalue weighted by Crippen LogP contribution is 2.49. The lowest BCUT2D eigenvalue weighted by Gasteiger charge is -2.58. The van der Waals surface area contributed by atoms with Gasteiger partial charge in [-0.05, 0) is 70.7 Å². The topological polar surface area (TPSA) is 118 Å². The Morgan fingerprint density at radius 3 is 2.26 bits per heavy atom. The van der Waals surface area contributed by atoms with Gasteiger partial charge in [-0.25, -0.2) is 9.78 Å². The van der Waals surface area contributed by atoms with Crippen LogP contribution in [0.3, 0.4) is 0 Å². The molecule has 1 saturated carbocycles. The maximum Gasteiger partial charge on any atom is 0.410 e. The minimum Gasteiger partial charge on any atom is -0.496 e. The molecule has 302 valence electrons. The molecule has 2 aliphatic heterocycles. The molecule has 0 bridgehead atoms. The number of piperidine rings is 1. The molecule has 3 fully saturated rings. The molecule has 1 aliphatic carbocycles. The Kier molecular flexibility index (Phi) is 11.8. The van der Waals surface area contributed by atoms with Gasteiger partial charge in [-0.1, -0.05) is 53.5 Å². The molecule has 3 aliphatic rings. The molecule has 0 atom stereocenters. The largest absolute Gasteiger partial charge is 0.496 e. The van der Waals surface area contributed by atoms with Crippen LogP contribution >= 0.6 is 23.2 Å². The predicted molar refractivity (Wildman–Crippen MR) is 221 cm³/mol. The first-order valence-electron chi connectivity index (χ1n) is 19.5.